The molecule has 2 aromatic rings. The normalized spacial score (nSPS) is 16.6. The number of amides is 4. The van der Waals surface area contributed by atoms with Gasteiger partial charge in [-0.1, -0.05) is 6.42 Å². The van der Waals surface area contributed by atoms with Crippen molar-refractivity contribution in [3.8, 4) is 11.5 Å². The van der Waals surface area contributed by atoms with E-state index in [0.717, 1.165) is 25.7 Å². The summed E-state index contributed by atoms with van der Waals surface area (Å²) in [6.45, 7) is 2.22. The predicted octanol–water partition coefficient (Wildman–Crippen LogP) is 3.14. The highest BCUT2D eigenvalue weighted by atomic mass is 16.5. The zero-order chi connectivity index (χ0) is 22.9. The summed E-state index contributed by atoms with van der Waals surface area (Å²) in [5, 5.41) is 2.72. The fourth-order valence-corrected chi connectivity index (χ4v) is 4.04. The second-order valence-electron chi connectivity index (χ2n) is 8.60. The van der Waals surface area contributed by atoms with E-state index >= 15 is 0 Å². The molecule has 0 unspecified atom stereocenters. The van der Waals surface area contributed by atoms with E-state index in [-0.39, 0.29) is 23.7 Å². The highest BCUT2D eigenvalue weighted by Crippen LogP contribution is 2.49. The summed E-state index contributed by atoms with van der Waals surface area (Å²) in [5.41, 5.74) is 0.878. The molecule has 9 heteroatoms. The number of anilines is 1. The monoisotopic (exact) mass is 437 g/mol. The van der Waals surface area contributed by atoms with Gasteiger partial charge in [-0.25, -0.2) is 9.78 Å². The molecule has 0 bridgehead atoms. The largest absolute Gasteiger partial charge is 0.455 e. The van der Waals surface area contributed by atoms with Gasteiger partial charge in [-0.2, -0.15) is 0 Å². The maximum Gasteiger partial charge on any atom is 0.329 e. The first-order valence-electron chi connectivity index (χ1n) is 10.7. The molecule has 2 aliphatic rings. The Morgan fingerprint density at radius 3 is 2.62 bits per heavy atom. The summed E-state index contributed by atoms with van der Waals surface area (Å²) >= 11 is 0. The molecule has 2 aromatic heterocycles. The van der Waals surface area contributed by atoms with E-state index in [1.54, 1.807) is 51.5 Å². The number of carbonyl (C=O) groups excluding carboxylic acids is 3. The number of carbonyl (C=O) groups is 3. The molecular formula is C23H27N5O4. The topological polar surface area (TPSA) is 105 Å². The van der Waals surface area contributed by atoms with Crippen LogP contribution in [-0.2, 0) is 16.0 Å². The van der Waals surface area contributed by atoms with Gasteiger partial charge in [-0.3, -0.25) is 24.8 Å². The van der Waals surface area contributed by atoms with Gasteiger partial charge in [-0.05, 0) is 44.4 Å². The van der Waals surface area contributed by atoms with Gasteiger partial charge >= 0.3 is 6.03 Å². The lowest BCUT2D eigenvalue weighted by molar-refractivity contribution is -0.137. The quantitative estimate of drug-likeness (QED) is 0.771. The molecule has 1 aliphatic carbocycles. The molecule has 32 heavy (non-hydrogen) atoms. The Morgan fingerprint density at radius 2 is 2.00 bits per heavy atom. The van der Waals surface area contributed by atoms with Crippen LogP contribution in [0.25, 0.3) is 0 Å². The molecule has 2 fully saturated rings. The molecule has 0 aromatic carbocycles. The lowest BCUT2D eigenvalue weighted by Gasteiger charge is -2.35. The number of nitrogens with zero attached hydrogens (tertiary/aromatic N) is 4. The summed E-state index contributed by atoms with van der Waals surface area (Å²) < 4.78 is 5.91. The first kappa shape index (κ1) is 21.7. The number of aryl methyl sites for hydroxylation is 1. The number of imide groups is 1. The molecule has 0 atom stereocenters. The Labute approximate surface area is 186 Å². The van der Waals surface area contributed by atoms with Crippen molar-refractivity contribution < 1.29 is 19.1 Å². The van der Waals surface area contributed by atoms with Crippen molar-refractivity contribution in [2.24, 2.45) is 5.41 Å². The Kier molecular flexibility index (Phi) is 5.82. The molecule has 168 valence electrons. The maximum atomic E-state index is 12.6. The number of ether oxygens (including phenoxy) is 1. The van der Waals surface area contributed by atoms with Crippen LogP contribution in [-0.4, -0.2) is 58.3 Å². The van der Waals surface area contributed by atoms with E-state index in [2.05, 4.69) is 15.3 Å². The van der Waals surface area contributed by atoms with Crippen LogP contribution in [0.4, 0.5) is 10.6 Å². The average molecular weight is 438 g/mol. The van der Waals surface area contributed by atoms with Crippen molar-refractivity contribution >= 4 is 23.7 Å². The van der Waals surface area contributed by atoms with Crippen LogP contribution < -0.4 is 10.1 Å². The van der Waals surface area contributed by atoms with Crippen LogP contribution in [0.2, 0.25) is 0 Å². The van der Waals surface area contributed by atoms with Crippen LogP contribution in [0, 0.1) is 12.3 Å². The van der Waals surface area contributed by atoms with Crippen LogP contribution in [0.1, 0.15) is 37.1 Å². The van der Waals surface area contributed by atoms with Gasteiger partial charge in [0.05, 0.1) is 23.2 Å². The van der Waals surface area contributed by atoms with Gasteiger partial charge in [0.15, 0.2) is 0 Å². The van der Waals surface area contributed by atoms with Gasteiger partial charge in [0, 0.05) is 32.9 Å². The lowest BCUT2D eigenvalue weighted by Crippen LogP contribution is -2.43. The maximum absolute atomic E-state index is 12.6. The van der Waals surface area contributed by atoms with Gasteiger partial charge in [0.25, 0.3) is 0 Å². The van der Waals surface area contributed by atoms with Crippen molar-refractivity contribution in [1.29, 1.82) is 0 Å². The van der Waals surface area contributed by atoms with Crippen molar-refractivity contribution in [2.45, 2.75) is 39.0 Å². The molecule has 1 saturated carbocycles. The molecule has 4 rings (SSSR count). The van der Waals surface area contributed by atoms with Crippen LogP contribution in [0.15, 0.2) is 30.5 Å². The van der Waals surface area contributed by atoms with Crippen LogP contribution in [0.5, 0.6) is 11.5 Å². The van der Waals surface area contributed by atoms with Crippen molar-refractivity contribution in [2.75, 3.05) is 26.0 Å². The number of likely N-dealkylation sites (N-methyl/N-ethyl adjacent to an activating group) is 1. The van der Waals surface area contributed by atoms with E-state index in [0.29, 0.717) is 35.2 Å². The summed E-state index contributed by atoms with van der Waals surface area (Å²) in [4.78, 5) is 48.5. The number of nitrogens with one attached hydrogen (secondary N) is 1. The minimum atomic E-state index is -0.441. The minimum Gasteiger partial charge on any atom is -0.455 e. The van der Waals surface area contributed by atoms with Crippen LogP contribution in [0.3, 0.4) is 0 Å². The molecule has 9 nitrogen and oxygen atoms in total. The molecule has 1 spiro atoms. The molecule has 3 heterocycles. The number of urea groups is 1. The molecule has 1 saturated heterocycles. The van der Waals surface area contributed by atoms with Crippen LogP contribution >= 0.6 is 0 Å². The van der Waals surface area contributed by atoms with E-state index in [1.807, 2.05) is 0 Å². The molecule has 1 N–H and O–H groups in total. The summed E-state index contributed by atoms with van der Waals surface area (Å²) in [6, 6.07) is 6.32. The van der Waals surface area contributed by atoms with Gasteiger partial charge < -0.3 is 9.64 Å². The molecule has 4 amide bonds. The number of pyridine rings is 2. The third-order valence-electron chi connectivity index (χ3n) is 6.19. The number of rotatable bonds is 5. The smallest absolute Gasteiger partial charge is 0.329 e. The van der Waals surface area contributed by atoms with E-state index in [1.165, 1.54) is 9.80 Å². The minimum absolute atomic E-state index is 0.0488. The van der Waals surface area contributed by atoms with Crippen molar-refractivity contribution in [1.82, 2.24) is 19.8 Å². The summed E-state index contributed by atoms with van der Waals surface area (Å²) in [6.07, 6.45) is 5.31. The average Bonchev–Trinajstić information content (AvgIpc) is 3.08. The van der Waals surface area contributed by atoms with Gasteiger partial charge in [0.2, 0.25) is 11.8 Å². The van der Waals surface area contributed by atoms with E-state index in [9.17, 15) is 14.4 Å². The standard InChI is InChI=1S/C23H27N5O4/c1-15-18(32-17-7-11-24-16(13-17)14-20(29)27(2)3)5-6-19(25-15)26-22(31)28-12-10-23(21(28)30)8-4-9-23/h5-7,11,13H,4,8-10,12,14H2,1-3H3,(H,25,26,31). The van der Waals surface area contributed by atoms with E-state index in [4.69, 9.17) is 4.74 Å². The Morgan fingerprint density at radius 1 is 1.22 bits per heavy atom. The zero-order valence-electron chi connectivity index (χ0n) is 18.6. The van der Waals surface area contributed by atoms with Gasteiger partial charge in [-0.15, -0.1) is 0 Å². The first-order chi connectivity index (χ1) is 15.3. The van der Waals surface area contributed by atoms with E-state index < -0.39 is 6.03 Å². The Bertz CT molecular complexity index is 1060. The van der Waals surface area contributed by atoms with Crippen molar-refractivity contribution in [3.63, 3.8) is 0 Å². The molecule has 1 aliphatic heterocycles. The second kappa shape index (κ2) is 8.57. The summed E-state index contributed by atoms with van der Waals surface area (Å²) in [5.74, 6) is 1.29. The highest BCUT2D eigenvalue weighted by Gasteiger charge is 2.52. The number of aromatic nitrogens is 2. The highest BCUT2D eigenvalue weighted by molar-refractivity contribution is 6.04. The Balaban J connectivity index is 1.40. The van der Waals surface area contributed by atoms with Crippen molar-refractivity contribution in [3.05, 3.63) is 41.9 Å². The number of hydrogen-bond acceptors (Lipinski definition) is 6. The third kappa shape index (κ3) is 4.28. The number of likely N-dealkylation sites (tertiary alicyclic amines) is 1. The SMILES string of the molecule is Cc1nc(NC(=O)N2CCC3(CCC3)C2=O)ccc1Oc1ccnc(CC(=O)N(C)C)c1. The molecular weight excluding hydrogens is 410 g/mol. The predicted molar refractivity (Wildman–Crippen MR) is 117 cm³/mol. The fourth-order valence-electron chi connectivity index (χ4n) is 4.04. The summed E-state index contributed by atoms with van der Waals surface area (Å²) in [7, 11) is 3.39. The second-order valence-corrected chi connectivity index (χ2v) is 8.60. The fraction of sp³-hybridized carbons (Fsp3) is 0.435. The zero-order valence-corrected chi connectivity index (χ0v) is 18.6. The number of hydrogen-bond donors (Lipinski definition) is 1. The lowest BCUT2D eigenvalue weighted by atomic mass is 9.68. The third-order valence-corrected chi connectivity index (χ3v) is 6.19. The Hall–Kier alpha value is -3.49. The van der Waals surface area contributed by atoms with Gasteiger partial charge in [0.1, 0.15) is 17.3 Å². The molecule has 0 radical (unpaired) electrons. The first-order valence-corrected chi connectivity index (χ1v) is 10.7.